The zero-order valence-electron chi connectivity index (χ0n) is 18.1. The van der Waals surface area contributed by atoms with E-state index in [-0.39, 0.29) is 0 Å². The molecule has 0 aliphatic carbocycles. The van der Waals surface area contributed by atoms with E-state index in [9.17, 15) is 0 Å². The molecule has 0 aliphatic heterocycles. The first-order chi connectivity index (χ1) is 12.7. The van der Waals surface area contributed by atoms with Crippen molar-refractivity contribution in [3.05, 3.63) is 60.3 Å². The smallest absolute Gasteiger partial charge is 0.200 e. The van der Waals surface area contributed by atoms with Gasteiger partial charge in [-0.3, -0.25) is 0 Å². The van der Waals surface area contributed by atoms with Crippen molar-refractivity contribution in [1.29, 1.82) is 0 Å². The fraction of sp³-hybridized carbons (Fsp3) is 0.400. The minimum atomic E-state index is -1.57. The molecule has 0 saturated heterocycles. The molecule has 2 heteroatoms. The van der Waals surface area contributed by atoms with E-state index in [0.29, 0.717) is 5.04 Å². The highest BCUT2D eigenvalue weighted by Gasteiger charge is 2.42. The van der Waals surface area contributed by atoms with E-state index in [4.69, 9.17) is 0 Å². The lowest BCUT2D eigenvalue weighted by Gasteiger charge is -2.42. The summed E-state index contributed by atoms with van der Waals surface area (Å²) in [6.45, 7) is 14.3. The fourth-order valence-corrected chi connectivity index (χ4v) is 10.1. The average molecular weight is 377 g/mol. The molecule has 0 atom stereocenters. The molecule has 27 heavy (non-hydrogen) atoms. The molecule has 1 nitrogen and oxygen atoms in total. The van der Waals surface area contributed by atoms with E-state index >= 15 is 0 Å². The van der Waals surface area contributed by atoms with E-state index in [1.807, 2.05) is 0 Å². The van der Waals surface area contributed by atoms with Gasteiger partial charge >= 0.3 is 0 Å². The summed E-state index contributed by atoms with van der Waals surface area (Å²) in [5, 5.41) is 4.69. The summed E-state index contributed by atoms with van der Waals surface area (Å²) in [6.07, 6.45) is 2.21. The Morgan fingerprint density at radius 3 is 2.19 bits per heavy atom. The number of pyridine rings is 1. The van der Waals surface area contributed by atoms with Gasteiger partial charge in [0.25, 0.3) is 0 Å². The molecule has 0 N–H and O–H groups in total. The molecule has 142 valence electrons. The van der Waals surface area contributed by atoms with Gasteiger partial charge in [0.05, 0.1) is 13.5 Å². The van der Waals surface area contributed by atoms with Crippen LogP contribution in [-0.2, 0) is 7.05 Å². The molecule has 0 fully saturated rings. The normalized spacial score (nSPS) is 12.6. The summed E-state index contributed by atoms with van der Waals surface area (Å²) in [5.74, 6) is 0. The SMILES string of the molecule is CC[Si](CC)(c1ccc2c(-c3ccccc3C)[n+](C)ccc2c1)C(C)(C)C. The molecule has 1 heterocycles. The third-order valence-electron chi connectivity index (χ3n) is 6.73. The molecule has 0 amide bonds. The van der Waals surface area contributed by atoms with Crippen LogP contribution in [0.4, 0.5) is 0 Å². The maximum atomic E-state index is 2.50. The summed E-state index contributed by atoms with van der Waals surface area (Å²) in [5.41, 5.74) is 3.96. The summed E-state index contributed by atoms with van der Waals surface area (Å²) in [6, 6.07) is 20.9. The molecule has 0 saturated carbocycles. The lowest BCUT2D eigenvalue weighted by Crippen LogP contribution is -2.53. The molecule has 0 aliphatic rings. The van der Waals surface area contributed by atoms with Crippen LogP contribution >= 0.6 is 0 Å². The Morgan fingerprint density at radius 1 is 0.926 bits per heavy atom. The van der Waals surface area contributed by atoms with Gasteiger partial charge in [-0.15, -0.1) is 0 Å². The topological polar surface area (TPSA) is 3.88 Å². The van der Waals surface area contributed by atoms with Gasteiger partial charge in [-0.05, 0) is 35.0 Å². The third kappa shape index (κ3) is 3.25. The second-order valence-electron chi connectivity index (χ2n) is 8.93. The first kappa shape index (κ1) is 19.8. The summed E-state index contributed by atoms with van der Waals surface area (Å²) in [4.78, 5) is 0. The zero-order valence-corrected chi connectivity index (χ0v) is 19.1. The van der Waals surface area contributed by atoms with Crippen molar-refractivity contribution < 1.29 is 4.57 Å². The van der Waals surface area contributed by atoms with Gasteiger partial charge in [0, 0.05) is 11.6 Å². The molecule has 3 aromatic rings. The molecule has 2 aromatic carbocycles. The Balaban J connectivity index is 2.28. The highest BCUT2D eigenvalue weighted by molar-refractivity contribution is 6.94. The van der Waals surface area contributed by atoms with Crippen LogP contribution in [0.1, 0.15) is 40.2 Å². The molecule has 3 rings (SSSR count). The summed E-state index contributed by atoms with van der Waals surface area (Å²) < 4.78 is 2.26. The minimum absolute atomic E-state index is 0.364. The molecule has 1 aromatic heterocycles. The Morgan fingerprint density at radius 2 is 1.59 bits per heavy atom. The van der Waals surface area contributed by atoms with E-state index in [1.165, 1.54) is 39.7 Å². The molecule has 0 spiro atoms. The van der Waals surface area contributed by atoms with Crippen molar-refractivity contribution in [2.75, 3.05) is 0 Å². The van der Waals surface area contributed by atoms with Crippen molar-refractivity contribution in [3.63, 3.8) is 0 Å². The second-order valence-corrected chi connectivity index (χ2v) is 14.6. The first-order valence-corrected chi connectivity index (χ1v) is 12.7. The minimum Gasteiger partial charge on any atom is -0.200 e. The van der Waals surface area contributed by atoms with E-state index in [2.05, 4.69) is 108 Å². The monoisotopic (exact) mass is 376 g/mol. The van der Waals surface area contributed by atoms with E-state index in [0.717, 1.165) is 0 Å². The number of fused-ring (bicyclic) bond motifs is 1. The van der Waals surface area contributed by atoms with Crippen LogP contribution in [0.25, 0.3) is 22.0 Å². The van der Waals surface area contributed by atoms with Crippen molar-refractivity contribution in [3.8, 4) is 11.3 Å². The summed E-state index contributed by atoms with van der Waals surface area (Å²) >= 11 is 0. The quantitative estimate of drug-likeness (QED) is 0.380. The Bertz CT molecular complexity index is 962. The predicted molar refractivity (Wildman–Crippen MR) is 121 cm³/mol. The third-order valence-corrected chi connectivity index (χ3v) is 13.4. The van der Waals surface area contributed by atoms with Gasteiger partial charge in [0.15, 0.2) is 6.20 Å². The standard InChI is InChI=1S/C25H34NSi/c1-8-27(9-2,25(4,5)6)21-14-15-23-20(18-21)16-17-26(7)24(23)22-13-11-10-12-19(22)3/h10-18H,8-9H2,1-7H3/q+1. The predicted octanol–water partition coefficient (Wildman–Crippen LogP) is 6.14. The number of aromatic nitrogens is 1. The van der Waals surface area contributed by atoms with E-state index < -0.39 is 8.07 Å². The van der Waals surface area contributed by atoms with Crippen LogP contribution in [0.2, 0.25) is 17.1 Å². The highest BCUT2D eigenvalue weighted by Crippen LogP contribution is 2.41. The van der Waals surface area contributed by atoms with Gasteiger partial charge in [0.2, 0.25) is 5.69 Å². The zero-order chi connectivity index (χ0) is 19.8. The summed E-state index contributed by atoms with van der Waals surface area (Å²) in [7, 11) is 0.588. The van der Waals surface area contributed by atoms with Gasteiger partial charge < -0.3 is 0 Å². The average Bonchev–Trinajstić information content (AvgIpc) is 2.63. The van der Waals surface area contributed by atoms with Gasteiger partial charge in [-0.25, -0.2) is 4.57 Å². The molecule has 0 unspecified atom stereocenters. The molecule has 0 radical (unpaired) electrons. The van der Waals surface area contributed by atoms with Crippen molar-refractivity contribution in [2.24, 2.45) is 7.05 Å². The lowest BCUT2D eigenvalue weighted by molar-refractivity contribution is -0.659. The Hall–Kier alpha value is -1.93. The molecule has 0 bridgehead atoms. The first-order valence-electron chi connectivity index (χ1n) is 10.2. The van der Waals surface area contributed by atoms with E-state index in [1.54, 1.807) is 5.19 Å². The van der Waals surface area contributed by atoms with Crippen LogP contribution in [0.15, 0.2) is 54.7 Å². The number of hydrogen-bond acceptors (Lipinski definition) is 0. The largest absolute Gasteiger partial charge is 0.220 e. The number of rotatable bonds is 4. The maximum absolute atomic E-state index is 2.50. The van der Waals surface area contributed by atoms with Crippen molar-refractivity contribution >= 4 is 24.0 Å². The maximum Gasteiger partial charge on any atom is 0.220 e. The van der Waals surface area contributed by atoms with Gasteiger partial charge in [0.1, 0.15) is 7.05 Å². The fourth-order valence-electron chi connectivity index (χ4n) is 5.00. The van der Waals surface area contributed by atoms with Gasteiger partial charge in [-0.2, -0.15) is 0 Å². The highest BCUT2D eigenvalue weighted by atomic mass is 28.3. The van der Waals surface area contributed by atoms with Crippen LogP contribution in [-0.4, -0.2) is 8.07 Å². The van der Waals surface area contributed by atoms with Crippen LogP contribution in [0, 0.1) is 6.92 Å². The number of nitrogens with zero attached hydrogens (tertiary/aromatic N) is 1. The number of hydrogen-bond donors (Lipinski definition) is 0. The number of aryl methyl sites for hydroxylation is 2. The molecular weight excluding hydrogens is 342 g/mol. The van der Waals surface area contributed by atoms with Crippen molar-refractivity contribution in [2.45, 2.75) is 58.7 Å². The van der Waals surface area contributed by atoms with Crippen LogP contribution in [0.5, 0.6) is 0 Å². The molecular formula is C25H34NSi+. The van der Waals surface area contributed by atoms with Crippen molar-refractivity contribution in [1.82, 2.24) is 0 Å². The Labute approximate surface area is 166 Å². The van der Waals surface area contributed by atoms with Crippen LogP contribution < -0.4 is 9.75 Å². The van der Waals surface area contributed by atoms with Crippen LogP contribution in [0.3, 0.4) is 0 Å². The van der Waals surface area contributed by atoms with Gasteiger partial charge in [-0.1, -0.05) is 82.2 Å². The lowest BCUT2D eigenvalue weighted by atomic mass is 10.00. The second kappa shape index (κ2) is 7.24. The number of benzene rings is 2. The Kier molecular flexibility index (Phi) is 5.31.